The van der Waals surface area contributed by atoms with Crippen LogP contribution in [0.3, 0.4) is 0 Å². The first-order valence-corrected chi connectivity index (χ1v) is 6.13. The van der Waals surface area contributed by atoms with Gasteiger partial charge in [-0.1, -0.05) is 0 Å². The minimum Gasteiger partial charge on any atom is -0.481 e. The zero-order chi connectivity index (χ0) is 13.0. The normalized spacial score (nSPS) is 16.8. The molecule has 2 heterocycles. The average molecular weight is 250 g/mol. The second kappa shape index (κ2) is 5.77. The Balaban J connectivity index is 1.83. The summed E-state index contributed by atoms with van der Waals surface area (Å²) >= 11 is 0. The summed E-state index contributed by atoms with van der Waals surface area (Å²) in [5, 5.41) is 8.64. The maximum Gasteiger partial charge on any atom is 0.304 e. The summed E-state index contributed by atoms with van der Waals surface area (Å²) < 4.78 is 0. The van der Waals surface area contributed by atoms with Crippen LogP contribution < -0.4 is 4.90 Å². The monoisotopic (exact) mass is 250 g/mol. The SMILES string of the molecule is Cc1cnc(N2CCN(CCC(=O)O)CC2)nc1. The third kappa shape index (κ3) is 3.40. The molecule has 0 aromatic carbocycles. The third-order valence-corrected chi connectivity index (χ3v) is 3.06. The summed E-state index contributed by atoms with van der Waals surface area (Å²) in [6, 6.07) is 0. The maximum atomic E-state index is 10.5. The lowest BCUT2D eigenvalue weighted by atomic mass is 10.3. The number of nitrogens with zero attached hydrogens (tertiary/aromatic N) is 4. The smallest absolute Gasteiger partial charge is 0.304 e. The van der Waals surface area contributed by atoms with Crippen molar-refractivity contribution in [1.29, 1.82) is 0 Å². The fourth-order valence-corrected chi connectivity index (χ4v) is 1.97. The van der Waals surface area contributed by atoms with Crippen LogP contribution in [0.4, 0.5) is 5.95 Å². The summed E-state index contributed by atoms with van der Waals surface area (Å²) in [7, 11) is 0. The zero-order valence-corrected chi connectivity index (χ0v) is 10.5. The Morgan fingerprint density at radius 3 is 2.44 bits per heavy atom. The maximum absolute atomic E-state index is 10.5. The molecule has 0 atom stereocenters. The number of carboxylic acids is 1. The zero-order valence-electron chi connectivity index (χ0n) is 10.5. The van der Waals surface area contributed by atoms with Gasteiger partial charge in [-0.3, -0.25) is 9.69 Å². The highest BCUT2D eigenvalue weighted by Gasteiger charge is 2.18. The molecule has 1 aliphatic rings. The summed E-state index contributed by atoms with van der Waals surface area (Å²) in [5.41, 5.74) is 1.05. The molecule has 6 nitrogen and oxygen atoms in total. The van der Waals surface area contributed by atoms with Gasteiger partial charge in [0, 0.05) is 45.1 Å². The van der Waals surface area contributed by atoms with Crippen molar-refractivity contribution < 1.29 is 9.90 Å². The van der Waals surface area contributed by atoms with Crippen LogP contribution in [0.25, 0.3) is 0 Å². The molecule has 1 aromatic heterocycles. The van der Waals surface area contributed by atoms with E-state index in [0.29, 0.717) is 6.54 Å². The van der Waals surface area contributed by atoms with E-state index >= 15 is 0 Å². The van der Waals surface area contributed by atoms with Crippen LogP contribution in [0.2, 0.25) is 0 Å². The van der Waals surface area contributed by atoms with Gasteiger partial charge < -0.3 is 10.0 Å². The van der Waals surface area contributed by atoms with Crippen molar-refractivity contribution in [3.8, 4) is 0 Å². The van der Waals surface area contributed by atoms with E-state index in [0.717, 1.165) is 37.7 Å². The Morgan fingerprint density at radius 1 is 1.28 bits per heavy atom. The largest absolute Gasteiger partial charge is 0.481 e. The van der Waals surface area contributed by atoms with Gasteiger partial charge in [-0.25, -0.2) is 9.97 Å². The molecule has 0 aliphatic carbocycles. The number of aryl methyl sites for hydroxylation is 1. The van der Waals surface area contributed by atoms with Crippen LogP contribution in [0.5, 0.6) is 0 Å². The Kier molecular flexibility index (Phi) is 4.09. The molecule has 0 unspecified atom stereocenters. The molecule has 1 saturated heterocycles. The summed E-state index contributed by atoms with van der Waals surface area (Å²) in [4.78, 5) is 23.4. The quantitative estimate of drug-likeness (QED) is 0.833. The highest BCUT2D eigenvalue weighted by Crippen LogP contribution is 2.10. The fourth-order valence-electron chi connectivity index (χ4n) is 1.97. The van der Waals surface area contributed by atoms with E-state index in [4.69, 9.17) is 5.11 Å². The van der Waals surface area contributed by atoms with Crippen molar-refractivity contribution in [1.82, 2.24) is 14.9 Å². The third-order valence-electron chi connectivity index (χ3n) is 3.06. The van der Waals surface area contributed by atoms with Gasteiger partial charge in [0.05, 0.1) is 6.42 Å². The number of carboxylic acid groups (broad SMARTS) is 1. The van der Waals surface area contributed by atoms with Crippen LogP contribution in [0, 0.1) is 6.92 Å². The number of aromatic nitrogens is 2. The summed E-state index contributed by atoms with van der Waals surface area (Å²) in [6.07, 6.45) is 3.85. The first kappa shape index (κ1) is 12.8. The Hall–Kier alpha value is -1.69. The lowest BCUT2D eigenvalue weighted by molar-refractivity contribution is -0.137. The molecule has 1 fully saturated rings. The molecular weight excluding hydrogens is 232 g/mol. The molecule has 0 amide bonds. The van der Waals surface area contributed by atoms with Crippen molar-refractivity contribution in [2.24, 2.45) is 0 Å². The van der Waals surface area contributed by atoms with Crippen molar-refractivity contribution in [2.75, 3.05) is 37.6 Å². The Labute approximate surface area is 106 Å². The van der Waals surface area contributed by atoms with Gasteiger partial charge in [-0.15, -0.1) is 0 Å². The Morgan fingerprint density at radius 2 is 1.89 bits per heavy atom. The number of hydrogen-bond donors (Lipinski definition) is 1. The Bertz CT molecular complexity index is 399. The molecule has 18 heavy (non-hydrogen) atoms. The number of aliphatic carboxylic acids is 1. The predicted molar refractivity (Wildman–Crippen MR) is 67.7 cm³/mol. The molecule has 98 valence electrons. The van der Waals surface area contributed by atoms with Gasteiger partial charge in [0.2, 0.25) is 5.95 Å². The van der Waals surface area contributed by atoms with E-state index < -0.39 is 5.97 Å². The minimum atomic E-state index is -0.737. The molecule has 1 aliphatic heterocycles. The van der Waals surface area contributed by atoms with E-state index in [2.05, 4.69) is 19.8 Å². The van der Waals surface area contributed by atoms with E-state index in [-0.39, 0.29) is 6.42 Å². The second-order valence-corrected chi connectivity index (χ2v) is 4.53. The molecule has 2 rings (SSSR count). The molecule has 0 spiro atoms. The van der Waals surface area contributed by atoms with E-state index in [1.165, 1.54) is 0 Å². The average Bonchev–Trinajstić information content (AvgIpc) is 2.38. The molecule has 0 bridgehead atoms. The van der Waals surface area contributed by atoms with Gasteiger partial charge in [-0.2, -0.15) is 0 Å². The summed E-state index contributed by atoms with van der Waals surface area (Å²) in [6.45, 7) is 6.02. The van der Waals surface area contributed by atoms with Gasteiger partial charge in [0.15, 0.2) is 0 Å². The van der Waals surface area contributed by atoms with Crippen LogP contribution in [-0.2, 0) is 4.79 Å². The number of carbonyl (C=O) groups is 1. The molecule has 6 heteroatoms. The number of piperazine rings is 1. The van der Waals surface area contributed by atoms with Crippen LogP contribution in [0.15, 0.2) is 12.4 Å². The van der Waals surface area contributed by atoms with Crippen molar-refractivity contribution in [2.45, 2.75) is 13.3 Å². The van der Waals surface area contributed by atoms with Crippen molar-refractivity contribution in [3.05, 3.63) is 18.0 Å². The topological polar surface area (TPSA) is 69.6 Å². The lowest BCUT2D eigenvalue weighted by Crippen LogP contribution is -2.47. The van der Waals surface area contributed by atoms with E-state index in [1.54, 1.807) is 0 Å². The number of anilines is 1. The van der Waals surface area contributed by atoms with Gasteiger partial charge in [-0.05, 0) is 12.5 Å². The molecule has 0 radical (unpaired) electrons. The minimum absolute atomic E-state index is 0.209. The fraction of sp³-hybridized carbons (Fsp3) is 0.583. The molecular formula is C12H18N4O2. The van der Waals surface area contributed by atoms with Crippen LogP contribution in [0.1, 0.15) is 12.0 Å². The van der Waals surface area contributed by atoms with Crippen LogP contribution >= 0.6 is 0 Å². The lowest BCUT2D eigenvalue weighted by Gasteiger charge is -2.34. The first-order chi connectivity index (χ1) is 8.65. The van der Waals surface area contributed by atoms with E-state index in [9.17, 15) is 4.79 Å². The van der Waals surface area contributed by atoms with Crippen LogP contribution in [-0.4, -0.2) is 58.7 Å². The van der Waals surface area contributed by atoms with Crippen molar-refractivity contribution >= 4 is 11.9 Å². The highest BCUT2D eigenvalue weighted by atomic mass is 16.4. The highest BCUT2D eigenvalue weighted by molar-refractivity contribution is 5.66. The first-order valence-electron chi connectivity index (χ1n) is 6.13. The van der Waals surface area contributed by atoms with Gasteiger partial charge in [0.1, 0.15) is 0 Å². The van der Waals surface area contributed by atoms with E-state index in [1.807, 2.05) is 19.3 Å². The molecule has 0 saturated carbocycles. The second-order valence-electron chi connectivity index (χ2n) is 4.53. The number of hydrogen-bond acceptors (Lipinski definition) is 5. The number of rotatable bonds is 4. The molecule has 1 N–H and O–H groups in total. The van der Waals surface area contributed by atoms with Gasteiger partial charge in [0.25, 0.3) is 0 Å². The molecule has 1 aromatic rings. The summed E-state index contributed by atoms with van der Waals surface area (Å²) in [5.74, 6) is 0.0257. The standard InChI is InChI=1S/C12H18N4O2/c1-10-8-13-12(14-9-10)16-6-4-15(5-7-16)3-2-11(17)18/h8-9H,2-7H2,1H3,(H,17,18). The predicted octanol–water partition coefficient (Wildman–Crippen LogP) is 0.382. The van der Waals surface area contributed by atoms with Crippen molar-refractivity contribution in [3.63, 3.8) is 0 Å². The van der Waals surface area contributed by atoms with Gasteiger partial charge >= 0.3 is 5.97 Å².